The molecule has 0 saturated carbocycles. The number of nitrogens with two attached hydrogens (primary N) is 1. The molecule has 1 atom stereocenters. The third-order valence-electron chi connectivity index (χ3n) is 4.81. The van der Waals surface area contributed by atoms with Crippen LogP contribution in [0.2, 0.25) is 0 Å². The second-order valence-electron chi connectivity index (χ2n) is 6.89. The predicted octanol–water partition coefficient (Wildman–Crippen LogP) is 1.74. The lowest BCUT2D eigenvalue weighted by atomic mass is 10.1. The Balaban J connectivity index is 1.97. The van der Waals surface area contributed by atoms with Gasteiger partial charge in [-0.05, 0) is 48.7 Å². The van der Waals surface area contributed by atoms with Gasteiger partial charge < -0.3 is 15.7 Å². The Morgan fingerprint density at radius 3 is 2.41 bits per heavy atom. The van der Waals surface area contributed by atoms with Crippen LogP contribution in [0, 0.1) is 0 Å². The molecule has 0 radical (unpaired) electrons. The Kier molecular flexibility index (Phi) is 5.05. The van der Waals surface area contributed by atoms with E-state index < -0.39 is 12.0 Å². The first-order chi connectivity index (χ1) is 12.8. The number of hydrogen-bond donors (Lipinski definition) is 2. The molecule has 3 rings (SSSR count). The fraction of sp³-hybridized carbons (Fsp3) is 0.300. The average Bonchev–Trinajstić information content (AvgIpc) is 2.90. The van der Waals surface area contributed by atoms with Crippen LogP contribution >= 0.6 is 0 Å². The number of carboxylic acids is 1. The van der Waals surface area contributed by atoms with Crippen molar-refractivity contribution in [1.82, 2.24) is 9.13 Å². The number of carboxylic acid groups (broad SMARTS) is 1. The maximum atomic E-state index is 12.8. The van der Waals surface area contributed by atoms with Gasteiger partial charge in [-0.1, -0.05) is 12.1 Å². The molecule has 3 aromatic rings. The fourth-order valence-electron chi connectivity index (χ4n) is 3.12. The molecule has 142 valence electrons. The van der Waals surface area contributed by atoms with Crippen LogP contribution in [0.3, 0.4) is 0 Å². The van der Waals surface area contributed by atoms with Gasteiger partial charge in [0.2, 0.25) is 0 Å². The van der Waals surface area contributed by atoms with E-state index in [0.29, 0.717) is 12.8 Å². The van der Waals surface area contributed by atoms with Gasteiger partial charge in [-0.25, -0.2) is 4.79 Å². The molecule has 2 aromatic carbocycles. The zero-order valence-corrected chi connectivity index (χ0v) is 15.7. The molecule has 0 aliphatic carbocycles. The number of aliphatic carboxylic acids is 1. The van der Waals surface area contributed by atoms with E-state index in [2.05, 4.69) is 0 Å². The van der Waals surface area contributed by atoms with Crippen LogP contribution in [0.4, 0.5) is 5.69 Å². The third kappa shape index (κ3) is 3.59. The highest BCUT2D eigenvalue weighted by Crippen LogP contribution is 2.23. The molecule has 0 aliphatic rings. The van der Waals surface area contributed by atoms with Gasteiger partial charge >= 0.3 is 11.7 Å². The highest BCUT2D eigenvalue weighted by atomic mass is 16.4. The number of aryl methyl sites for hydroxylation is 2. The first-order valence-electron chi connectivity index (χ1n) is 8.76. The van der Waals surface area contributed by atoms with Crippen LogP contribution in [0.25, 0.3) is 16.7 Å². The monoisotopic (exact) mass is 368 g/mol. The zero-order chi connectivity index (χ0) is 19.7. The largest absolute Gasteiger partial charge is 0.480 e. The third-order valence-corrected chi connectivity index (χ3v) is 4.81. The van der Waals surface area contributed by atoms with Crippen molar-refractivity contribution in [2.75, 3.05) is 19.0 Å². The van der Waals surface area contributed by atoms with E-state index in [9.17, 15) is 9.59 Å². The highest BCUT2D eigenvalue weighted by Gasteiger charge is 2.14. The van der Waals surface area contributed by atoms with Crippen molar-refractivity contribution in [2.24, 2.45) is 12.8 Å². The molecular weight excluding hydrogens is 344 g/mol. The smallest absolute Gasteiger partial charge is 0.333 e. The van der Waals surface area contributed by atoms with E-state index in [0.717, 1.165) is 28.0 Å². The van der Waals surface area contributed by atoms with Gasteiger partial charge in [0.25, 0.3) is 0 Å². The SMILES string of the molecule is CN(C)c1ccc2c(c1)n(-c1ccc(CC[C@H](N)C(=O)O)cc1)c(=O)n2C. The Hall–Kier alpha value is -3.06. The Morgan fingerprint density at radius 2 is 1.81 bits per heavy atom. The van der Waals surface area contributed by atoms with Crippen LogP contribution < -0.4 is 16.3 Å². The number of benzene rings is 2. The molecule has 0 unspecified atom stereocenters. The lowest BCUT2D eigenvalue weighted by Gasteiger charge is -2.13. The number of fused-ring (bicyclic) bond motifs is 1. The van der Waals surface area contributed by atoms with Crippen molar-refractivity contribution in [3.05, 3.63) is 58.5 Å². The van der Waals surface area contributed by atoms with Gasteiger partial charge in [-0.2, -0.15) is 0 Å². The molecule has 7 nitrogen and oxygen atoms in total. The lowest BCUT2D eigenvalue weighted by molar-refractivity contribution is -0.138. The summed E-state index contributed by atoms with van der Waals surface area (Å²) in [5, 5.41) is 8.88. The van der Waals surface area contributed by atoms with Gasteiger partial charge in [0.15, 0.2) is 0 Å². The topological polar surface area (TPSA) is 93.5 Å². The minimum atomic E-state index is -0.995. The molecule has 1 aromatic heterocycles. The van der Waals surface area contributed by atoms with E-state index in [1.54, 1.807) is 16.2 Å². The van der Waals surface area contributed by atoms with E-state index in [1.807, 2.05) is 61.5 Å². The van der Waals surface area contributed by atoms with Gasteiger partial charge in [0.1, 0.15) is 6.04 Å². The molecular formula is C20H24N4O3. The summed E-state index contributed by atoms with van der Waals surface area (Å²) in [6.07, 6.45) is 0.943. The molecule has 0 amide bonds. The maximum Gasteiger partial charge on any atom is 0.333 e. The van der Waals surface area contributed by atoms with Gasteiger partial charge in [-0.3, -0.25) is 13.9 Å². The van der Waals surface area contributed by atoms with Crippen LogP contribution in [0.15, 0.2) is 47.3 Å². The summed E-state index contributed by atoms with van der Waals surface area (Å²) >= 11 is 0. The van der Waals surface area contributed by atoms with Crippen molar-refractivity contribution in [3.8, 4) is 5.69 Å². The van der Waals surface area contributed by atoms with Gasteiger partial charge in [0, 0.05) is 26.8 Å². The molecule has 27 heavy (non-hydrogen) atoms. The van der Waals surface area contributed by atoms with Crippen molar-refractivity contribution in [3.63, 3.8) is 0 Å². The Bertz CT molecular complexity index is 1030. The summed E-state index contributed by atoms with van der Waals surface area (Å²) in [6.45, 7) is 0. The normalized spacial score (nSPS) is 12.3. The highest BCUT2D eigenvalue weighted by molar-refractivity contribution is 5.82. The van der Waals surface area contributed by atoms with Gasteiger partial charge in [-0.15, -0.1) is 0 Å². The number of hydrogen-bond acceptors (Lipinski definition) is 4. The van der Waals surface area contributed by atoms with E-state index in [1.165, 1.54) is 0 Å². The van der Waals surface area contributed by atoms with Crippen LogP contribution in [-0.2, 0) is 18.3 Å². The summed E-state index contributed by atoms with van der Waals surface area (Å²) in [7, 11) is 5.69. The lowest BCUT2D eigenvalue weighted by Crippen LogP contribution is -2.30. The van der Waals surface area contributed by atoms with Crippen molar-refractivity contribution < 1.29 is 9.90 Å². The molecule has 0 fully saturated rings. The molecule has 7 heteroatoms. The number of imidazole rings is 1. The minimum absolute atomic E-state index is 0.110. The van der Waals surface area contributed by atoms with Crippen LogP contribution in [-0.4, -0.2) is 40.3 Å². The van der Waals surface area contributed by atoms with Crippen molar-refractivity contribution >= 4 is 22.7 Å². The first kappa shape index (κ1) is 18.7. The molecule has 0 aliphatic heterocycles. The average molecular weight is 368 g/mol. The zero-order valence-electron chi connectivity index (χ0n) is 15.7. The van der Waals surface area contributed by atoms with E-state index >= 15 is 0 Å². The number of aromatic nitrogens is 2. The Morgan fingerprint density at radius 1 is 1.15 bits per heavy atom. The fourth-order valence-corrected chi connectivity index (χ4v) is 3.12. The number of carbonyl (C=O) groups is 1. The summed E-state index contributed by atoms with van der Waals surface area (Å²) in [4.78, 5) is 25.6. The summed E-state index contributed by atoms with van der Waals surface area (Å²) in [6, 6.07) is 12.6. The van der Waals surface area contributed by atoms with Crippen molar-refractivity contribution in [2.45, 2.75) is 18.9 Å². The van der Waals surface area contributed by atoms with E-state index in [-0.39, 0.29) is 5.69 Å². The summed E-state index contributed by atoms with van der Waals surface area (Å²) in [5.74, 6) is -0.995. The van der Waals surface area contributed by atoms with Crippen molar-refractivity contribution in [1.29, 1.82) is 0 Å². The maximum absolute atomic E-state index is 12.8. The molecule has 3 N–H and O–H groups in total. The second kappa shape index (κ2) is 7.28. The van der Waals surface area contributed by atoms with E-state index in [4.69, 9.17) is 10.8 Å². The molecule has 0 saturated heterocycles. The molecule has 0 bridgehead atoms. The quantitative estimate of drug-likeness (QED) is 0.691. The summed E-state index contributed by atoms with van der Waals surface area (Å²) < 4.78 is 3.32. The number of anilines is 1. The molecule has 1 heterocycles. The standard InChI is InChI=1S/C20H24N4O3/c1-22(2)15-9-11-17-18(12-15)24(20(27)23(17)3)14-7-4-13(5-8-14)6-10-16(21)19(25)26/h4-5,7-9,11-12,16H,6,10,21H2,1-3H3,(H,25,26)/t16-/m0/s1. The Labute approximate surface area is 157 Å². The molecule has 0 spiro atoms. The minimum Gasteiger partial charge on any atom is -0.480 e. The van der Waals surface area contributed by atoms with Gasteiger partial charge in [0.05, 0.1) is 16.7 Å². The number of rotatable bonds is 6. The van der Waals surface area contributed by atoms with Crippen LogP contribution in [0.1, 0.15) is 12.0 Å². The number of nitrogens with zero attached hydrogens (tertiary/aromatic N) is 3. The predicted molar refractivity (Wildman–Crippen MR) is 107 cm³/mol. The van der Waals surface area contributed by atoms with Crippen LogP contribution in [0.5, 0.6) is 0 Å². The summed E-state index contributed by atoms with van der Waals surface area (Å²) in [5.41, 5.74) is 9.92. The second-order valence-corrected chi connectivity index (χ2v) is 6.89. The first-order valence-corrected chi connectivity index (χ1v) is 8.76.